The third-order valence-corrected chi connectivity index (χ3v) is 5.47. The van der Waals surface area contributed by atoms with E-state index in [0.29, 0.717) is 23.4 Å². The van der Waals surface area contributed by atoms with Crippen molar-refractivity contribution in [3.8, 4) is 0 Å². The first-order valence-electron chi connectivity index (χ1n) is 8.65. The van der Waals surface area contributed by atoms with Crippen LogP contribution in [0.25, 0.3) is 0 Å². The van der Waals surface area contributed by atoms with Gasteiger partial charge < -0.3 is 5.32 Å². The number of nitrogens with zero attached hydrogens (tertiary/aromatic N) is 2. The molecule has 1 N–H and O–H groups in total. The molecule has 0 aliphatic rings. The van der Waals surface area contributed by atoms with Gasteiger partial charge in [0.25, 0.3) is 0 Å². The summed E-state index contributed by atoms with van der Waals surface area (Å²) in [5, 5.41) is 7.27. The smallest absolute Gasteiger partial charge is 0.226 e. The van der Waals surface area contributed by atoms with E-state index in [9.17, 15) is 9.59 Å². The van der Waals surface area contributed by atoms with Gasteiger partial charge in [-0.25, -0.2) is 0 Å². The Bertz CT molecular complexity index is 980. The fourth-order valence-electron chi connectivity index (χ4n) is 2.85. The lowest BCUT2D eigenvalue weighted by Crippen LogP contribution is -2.17. The Balaban J connectivity index is 1.71. The number of aryl methyl sites for hydroxylation is 2. The topological polar surface area (TPSA) is 64.0 Å². The summed E-state index contributed by atoms with van der Waals surface area (Å²) < 4.78 is 2.77. The molecule has 5 nitrogen and oxygen atoms in total. The molecule has 0 saturated heterocycles. The number of ketones is 1. The zero-order valence-corrected chi connectivity index (χ0v) is 16.8. The summed E-state index contributed by atoms with van der Waals surface area (Å²) >= 11 is 3.49. The van der Waals surface area contributed by atoms with Gasteiger partial charge in [-0.05, 0) is 41.9 Å². The maximum absolute atomic E-state index is 12.7. The number of hydrogen-bond acceptors (Lipinski definition) is 3. The van der Waals surface area contributed by atoms with Crippen LogP contribution in [0, 0.1) is 13.8 Å². The second-order valence-electron chi connectivity index (χ2n) is 6.25. The Labute approximate surface area is 166 Å². The number of para-hydroxylation sites is 1. The molecular formula is C21H20BrN3O2. The van der Waals surface area contributed by atoms with Crippen LogP contribution in [0.15, 0.2) is 59.1 Å². The molecule has 3 aromatic rings. The van der Waals surface area contributed by atoms with Gasteiger partial charge in [0.2, 0.25) is 5.91 Å². The van der Waals surface area contributed by atoms with Crippen LogP contribution in [0.5, 0.6) is 0 Å². The number of anilines is 1. The summed E-state index contributed by atoms with van der Waals surface area (Å²) in [5.74, 6) is -0.277. The Hall–Kier alpha value is -2.73. The molecule has 0 aliphatic carbocycles. The van der Waals surface area contributed by atoms with Gasteiger partial charge in [0.05, 0.1) is 22.4 Å². The molecule has 0 bridgehead atoms. The highest BCUT2D eigenvalue weighted by Crippen LogP contribution is 2.21. The van der Waals surface area contributed by atoms with E-state index < -0.39 is 0 Å². The van der Waals surface area contributed by atoms with Gasteiger partial charge in [0.1, 0.15) is 0 Å². The molecule has 2 aromatic carbocycles. The number of benzene rings is 2. The first-order valence-corrected chi connectivity index (χ1v) is 9.45. The monoisotopic (exact) mass is 425 g/mol. The van der Waals surface area contributed by atoms with Crippen molar-refractivity contribution in [2.24, 2.45) is 0 Å². The zero-order valence-electron chi connectivity index (χ0n) is 15.2. The van der Waals surface area contributed by atoms with Crippen molar-refractivity contribution < 1.29 is 9.59 Å². The van der Waals surface area contributed by atoms with Crippen molar-refractivity contribution in [3.05, 3.63) is 81.6 Å². The van der Waals surface area contributed by atoms with Crippen LogP contribution < -0.4 is 5.32 Å². The molecule has 0 aliphatic heterocycles. The number of carbonyl (C=O) groups is 2. The van der Waals surface area contributed by atoms with E-state index in [0.717, 1.165) is 15.9 Å². The van der Waals surface area contributed by atoms with Crippen molar-refractivity contribution in [2.45, 2.75) is 26.8 Å². The second-order valence-corrected chi connectivity index (χ2v) is 7.04. The van der Waals surface area contributed by atoms with Crippen LogP contribution in [-0.2, 0) is 11.3 Å². The fraction of sp³-hybridized carbons (Fsp3) is 0.190. The van der Waals surface area contributed by atoms with E-state index in [1.165, 1.54) is 0 Å². The number of rotatable bonds is 6. The van der Waals surface area contributed by atoms with Crippen LogP contribution in [-0.4, -0.2) is 21.5 Å². The van der Waals surface area contributed by atoms with Gasteiger partial charge in [-0.1, -0.05) is 42.5 Å². The summed E-state index contributed by atoms with van der Waals surface area (Å²) in [4.78, 5) is 25.2. The minimum absolute atomic E-state index is 0.117. The summed E-state index contributed by atoms with van der Waals surface area (Å²) in [5.41, 5.74) is 3.47. The molecule has 0 fully saturated rings. The van der Waals surface area contributed by atoms with Gasteiger partial charge in [0, 0.05) is 23.2 Å². The van der Waals surface area contributed by atoms with Crippen LogP contribution in [0.2, 0.25) is 0 Å². The molecule has 6 heteroatoms. The molecule has 138 valence electrons. The highest BCUT2D eigenvalue weighted by molar-refractivity contribution is 9.10. The van der Waals surface area contributed by atoms with E-state index in [-0.39, 0.29) is 18.1 Å². The number of carbonyl (C=O) groups excluding carboxylic acids is 2. The molecule has 3 rings (SSSR count). The Morgan fingerprint density at radius 1 is 1.04 bits per heavy atom. The van der Waals surface area contributed by atoms with Crippen molar-refractivity contribution >= 4 is 33.3 Å². The van der Waals surface area contributed by atoms with Crippen LogP contribution in [0.3, 0.4) is 0 Å². The molecule has 0 atom stereocenters. The van der Waals surface area contributed by atoms with E-state index in [2.05, 4.69) is 26.3 Å². The molecule has 1 aromatic heterocycles. The summed E-state index contributed by atoms with van der Waals surface area (Å²) in [7, 11) is 0. The minimum atomic E-state index is -0.160. The Kier molecular flexibility index (Phi) is 5.86. The second kappa shape index (κ2) is 8.31. The van der Waals surface area contributed by atoms with Crippen LogP contribution in [0.4, 0.5) is 5.69 Å². The number of aromatic nitrogens is 2. The maximum atomic E-state index is 12.7. The zero-order chi connectivity index (χ0) is 19.4. The van der Waals surface area contributed by atoms with E-state index in [4.69, 9.17) is 0 Å². The molecule has 1 heterocycles. The highest BCUT2D eigenvalue weighted by atomic mass is 79.9. The van der Waals surface area contributed by atoms with Crippen LogP contribution >= 0.6 is 15.9 Å². The lowest BCUT2D eigenvalue weighted by atomic mass is 10.0. The normalized spacial score (nSPS) is 10.6. The van der Waals surface area contributed by atoms with Gasteiger partial charge in [-0.3, -0.25) is 14.3 Å². The average molecular weight is 426 g/mol. The Morgan fingerprint density at radius 2 is 1.70 bits per heavy atom. The number of nitrogens with one attached hydrogen (secondary N) is 1. The quantitative estimate of drug-likeness (QED) is 0.590. The van der Waals surface area contributed by atoms with Gasteiger partial charge in [-0.2, -0.15) is 5.10 Å². The molecular weight excluding hydrogens is 406 g/mol. The first-order chi connectivity index (χ1) is 13.0. The predicted molar refractivity (Wildman–Crippen MR) is 109 cm³/mol. The van der Waals surface area contributed by atoms with Gasteiger partial charge in [-0.15, -0.1) is 0 Å². The number of halogens is 1. The summed E-state index contributed by atoms with van der Waals surface area (Å²) in [6.45, 7) is 4.34. The Morgan fingerprint density at radius 3 is 2.37 bits per heavy atom. The van der Waals surface area contributed by atoms with Gasteiger partial charge in [0.15, 0.2) is 5.78 Å². The van der Waals surface area contributed by atoms with E-state index in [1.807, 2.05) is 32.0 Å². The molecule has 1 amide bonds. The van der Waals surface area contributed by atoms with Crippen molar-refractivity contribution in [3.63, 3.8) is 0 Å². The summed E-state index contributed by atoms with van der Waals surface area (Å²) in [6, 6.07) is 16.1. The molecule has 0 unspecified atom stereocenters. The third kappa shape index (κ3) is 4.34. The molecule has 0 saturated carbocycles. The fourth-order valence-corrected chi connectivity index (χ4v) is 3.13. The molecule has 27 heavy (non-hydrogen) atoms. The van der Waals surface area contributed by atoms with E-state index in [1.54, 1.807) is 41.1 Å². The lowest BCUT2D eigenvalue weighted by molar-refractivity contribution is -0.116. The number of hydrogen-bond donors (Lipinski definition) is 1. The standard InChI is InChI=1S/C21H20BrN3O2/c1-14-20(22)15(2)25(24-14)13-12-19(26)23-18-11-7-6-10-17(18)21(27)16-8-4-3-5-9-16/h3-11H,12-13H2,1-2H3,(H,23,26). The van der Waals surface area contributed by atoms with Crippen molar-refractivity contribution in [2.75, 3.05) is 5.32 Å². The minimum Gasteiger partial charge on any atom is -0.325 e. The first kappa shape index (κ1) is 19.0. The number of amides is 1. The SMILES string of the molecule is Cc1nn(CCC(=O)Nc2ccccc2C(=O)c2ccccc2)c(C)c1Br. The van der Waals surface area contributed by atoms with Crippen LogP contribution in [0.1, 0.15) is 33.7 Å². The van der Waals surface area contributed by atoms with Gasteiger partial charge >= 0.3 is 0 Å². The lowest BCUT2D eigenvalue weighted by Gasteiger charge is -2.11. The molecule has 0 radical (unpaired) electrons. The van der Waals surface area contributed by atoms with E-state index >= 15 is 0 Å². The highest BCUT2D eigenvalue weighted by Gasteiger charge is 2.15. The average Bonchev–Trinajstić information content (AvgIpc) is 2.94. The van der Waals surface area contributed by atoms with Crippen molar-refractivity contribution in [1.29, 1.82) is 0 Å². The largest absolute Gasteiger partial charge is 0.325 e. The molecule has 0 spiro atoms. The third-order valence-electron chi connectivity index (χ3n) is 4.33. The summed E-state index contributed by atoms with van der Waals surface area (Å²) in [6.07, 6.45) is 0.266. The van der Waals surface area contributed by atoms with Crippen molar-refractivity contribution in [1.82, 2.24) is 9.78 Å². The maximum Gasteiger partial charge on any atom is 0.226 e. The predicted octanol–water partition coefficient (Wildman–Crippen LogP) is 4.52.